The van der Waals surface area contributed by atoms with Gasteiger partial charge in [0.25, 0.3) is 0 Å². The summed E-state index contributed by atoms with van der Waals surface area (Å²) in [5, 5.41) is 3.05. The van der Waals surface area contributed by atoms with Crippen LogP contribution < -0.4 is 5.32 Å². The molecule has 0 aromatic heterocycles. The Bertz CT molecular complexity index is 968. The number of rotatable bonds is 5. The predicted octanol–water partition coefficient (Wildman–Crippen LogP) is 4.59. The van der Waals surface area contributed by atoms with Gasteiger partial charge in [0.2, 0.25) is 15.9 Å². The van der Waals surface area contributed by atoms with Crippen molar-refractivity contribution in [1.29, 1.82) is 0 Å². The third kappa shape index (κ3) is 5.04. The fourth-order valence-electron chi connectivity index (χ4n) is 3.79. The van der Waals surface area contributed by atoms with Crippen LogP contribution in [0.15, 0.2) is 59.5 Å². The van der Waals surface area contributed by atoms with Crippen molar-refractivity contribution in [2.45, 2.75) is 28.7 Å². The summed E-state index contributed by atoms with van der Waals surface area (Å²) < 4.78 is 27.5. The van der Waals surface area contributed by atoms with Crippen molar-refractivity contribution in [2.75, 3.05) is 29.9 Å². The molecule has 0 atom stereocenters. The van der Waals surface area contributed by atoms with Gasteiger partial charge in [0.05, 0.1) is 9.48 Å². The lowest BCUT2D eigenvalue weighted by molar-refractivity contribution is -0.120. The number of anilines is 1. The molecule has 2 fully saturated rings. The van der Waals surface area contributed by atoms with E-state index in [1.165, 1.54) is 27.8 Å². The lowest BCUT2D eigenvalue weighted by atomic mass is 9.97. The van der Waals surface area contributed by atoms with Crippen LogP contribution in [0.2, 0.25) is 0 Å². The number of sulfonamides is 1. The van der Waals surface area contributed by atoms with Gasteiger partial charge in [0.15, 0.2) is 0 Å². The topological polar surface area (TPSA) is 66.5 Å². The van der Waals surface area contributed by atoms with Gasteiger partial charge in [-0.2, -0.15) is 4.31 Å². The summed E-state index contributed by atoms with van der Waals surface area (Å²) in [6.07, 6.45) is 2.32. The zero-order valence-corrected chi connectivity index (χ0v) is 19.1. The average molecular weight is 463 g/mol. The van der Waals surface area contributed by atoms with Crippen LogP contribution in [-0.4, -0.2) is 43.2 Å². The molecule has 4 rings (SSSR count). The second-order valence-corrected chi connectivity index (χ2v) is 12.2. The maximum Gasteiger partial charge on any atom is 0.243 e. The number of hydrogen-bond acceptors (Lipinski definition) is 5. The highest BCUT2D eigenvalue weighted by Gasteiger charge is 2.32. The molecule has 0 spiro atoms. The summed E-state index contributed by atoms with van der Waals surface area (Å²) >= 11 is 3.92. The minimum atomic E-state index is -3.49. The second-order valence-electron chi connectivity index (χ2n) is 7.53. The summed E-state index contributed by atoms with van der Waals surface area (Å²) in [6, 6.07) is 16.6. The van der Waals surface area contributed by atoms with Crippen LogP contribution >= 0.6 is 23.5 Å². The Morgan fingerprint density at radius 2 is 1.67 bits per heavy atom. The maximum atomic E-state index is 12.8. The zero-order valence-electron chi connectivity index (χ0n) is 16.7. The molecule has 8 heteroatoms. The molecule has 0 saturated carbocycles. The number of carbonyl (C=O) groups is 1. The fourth-order valence-corrected chi connectivity index (χ4v) is 8.15. The Morgan fingerprint density at radius 3 is 2.37 bits per heavy atom. The summed E-state index contributed by atoms with van der Waals surface area (Å²) in [4.78, 5) is 13.1. The molecule has 160 valence electrons. The van der Waals surface area contributed by atoms with Crippen molar-refractivity contribution in [3.8, 4) is 0 Å². The number of benzene rings is 2. The summed E-state index contributed by atoms with van der Waals surface area (Å²) in [5.41, 5.74) is 2.06. The van der Waals surface area contributed by atoms with E-state index in [4.69, 9.17) is 0 Å². The van der Waals surface area contributed by atoms with Gasteiger partial charge in [0, 0.05) is 24.7 Å². The molecule has 30 heavy (non-hydrogen) atoms. The Labute approximate surface area is 187 Å². The molecule has 1 N–H and O–H groups in total. The van der Waals surface area contributed by atoms with Crippen molar-refractivity contribution in [2.24, 2.45) is 5.92 Å². The fraction of sp³-hybridized carbons (Fsp3) is 0.409. The van der Waals surface area contributed by atoms with E-state index in [1.54, 1.807) is 30.3 Å². The SMILES string of the molecule is O=C(Nc1cccc(C2SCCCS2)c1)C1CCN(S(=O)(=O)c2ccccc2)CC1. The number of hydrogen-bond donors (Lipinski definition) is 1. The molecule has 2 aromatic rings. The monoisotopic (exact) mass is 462 g/mol. The molecule has 0 unspecified atom stereocenters. The molecule has 2 heterocycles. The van der Waals surface area contributed by atoms with Crippen LogP contribution in [0.5, 0.6) is 0 Å². The van der Waals surface area contributed by atoms with E-state index < -0.39 is 10.0 Å². The van der Waals surface area contributed by atoms with Gasteiger partial charge in [-0.15, -0.1) is 23.5 Å². The minimum absolute atomic E-state index is 0.0205. The smallest absolute Gasteiger partial charge is 0.243 e. The molecular weight excluding hydrogens is 436 g/mol. The number of piperidine rings is 1. The summed E-state index contributed by atoms with van der Waals surface area (Å²) in [6.45, 7) is 0.732. The first kappa shape index (κ1) is 21.7. The highest BCUT2D eigenvalue weighted by molar-refractivity contribution is 8.16. The first-order valence-corrected chi connectivity index (χ1v) is 13.8. The van der Waals surface area contributed by atoms with E-state index in [0.717, 1.165) is 5.69 Å². The van der Waals surface area contributed by atoms with Crippen molar-refractivity contribution >= 4 is 45.1 Å². The van der Waals surface area contributed by atoms with Crippen LogP contribution in [0.3, 0.4) is 0 Å². The molecular formula is C22H26N2O3S3. The van der Waals surface area contributed by atoms with Gasteiger partial charge in [-0.05, 0) is 60.6 Å². The number of nitrogens with one attached hydrogen (secondary N) is 1. The van der Waals surface area contributed by atoms with Gasteiger partial charge in [-0.1, -0.05) is 30.3 Å². The maximum absolute atomic E-state index is 12.8. The molecule has 2 saturated heterocycles. The third-order valence-electron chi connectivity index (χ3n) is 5.46. The Kier molecular flexibility index (Phi) is 7.08. The van der Waals surface area contributed by atoms with Crippen LogP contribution in [0.25, 0.3) is 0 Å². The minimum Gasteiger partial charge on any atom is -0.326 e. The molecule has 0 aliphatic carbocycles. The van der Waals surface area contributed by atoms with Gasteiger partial charge >= 0.3 is 0 Å². The van der Waals surface area contributed by atoms with Gasteiger partial charge < -0.3 is 5.32 Å². The first-order chi connectivity index (χ1) is 14.5. The molecule has 0 radical (unpaired) electrons. The van der Waals surface area contributed by atoms with Crippen molar-refractivity contribution in [1.82, 2.24) is 4.31 Å². The Hall–Kier alpha value is -1.48. The standard InChI is InChI=1S/C22H26N2O3S3/c25-21(23-19-7-4-6-18(16-19)22-28-14-5-15-29-22)17-10-12-24(13-11-17)30(26,27)20-8-2-1-3-9-20/h1-4,6-9,16-17,22H,5,10-15H2,(H,23,25). The second kappa shape index (κ2) is 9.77. The average Bonchev–Trinajstić information content (AvgIpc) is 2.80. The van der Waals surface area contributed by atoms with E-state index in [0.29, 0.717) is 35.4 Å². The van der Waals surface area contributed by atoms with Crippen LogP contribution in [0, 0.1) is 5.92 Å². The molecule has 2 aromatic carbocycles. The summed E-state index contributed by atoms with van der Waals surface area (Å²) in [7, 11) is -3.49. The highest BCUT2D eigenvalue weighted by atomic mass is 32.2. The first-order valence-electron chi connectivity index (χ1n) is 10.2. The van der Waals surface area contributed by atoms with Gasteiger partial charge in [0.1, 0.15) is 0 Å². The van der Waals surface area contributed by atoms with Crippen molar-refractivity contribution in [3.05, 3.63) is 60.2 Å². The van der Waals surface area contributed by atoms with Crippen LogP contribution in [0.4, 0.5) is 5.69 Å². The van der Waals surface area contributed by atoms with Gasteiger partial charge in [-0.25, -0.2) is 8.42 Å². The quantitative estimate of drug-likeness (QED) is 0.704. The number of nitrogens with zero attached hydrogens (tertiary/aromatic N) is 1. The predicted molar refractivity (Wildman–Crippen MR) is 125 cm³/mol. The Balaban J connectivity index is 1.35. The van der Waals surface area contributed by atoms with Crippen molar-refractivity contribution in [3.63, 3.8) is 0 Å². The van der Waals surface area contributed by atoms with E-state index in [2.05, 4.69) is 17.4 Å². The highest BCUT2D eigenvalue weighted by Crippen LogP contribution is 2.44. The largest absolute Gasteiger partial charge is 0.326 e. The molecule has 1 amide bonds. The van der Waals surface area contributed by atoms with E-state index in [-0.39, 0.29) is 11.8 Å². The molecule has 5 nitrogen and oxygen atoms in total. The molecule has 2 aliphatic rings. The lowest BCUT2D eigenvalue weighted by Crippen LogP contribution is -2.41. The normalized spacial score (nSPS) is 19.5. The molecule has 2 aliphatic heterocycles. The van der Waals surface area contributed by atoms with Gasteiger partial charge in [-0.3, -0.25) is 4.79 Å². The molecule has 0 bridgehead atoms. The van der Waals surface area contributed by atoms with E-state index >= 15 is 0 Å². The number of carbonyl (C=O) groups excluding carboxylic acids is 1. The summed E-state index contributed by atoms with van der Waals surface area (Å²) in [5.74, 6) is 2.17. The van der Waals surface area contributed by atoms with Crippen LogP contribution in [-0.2, 0) is 14.8 Å². The third-order valence-corrected chi connectivity index (χ3v) is 10.4. The number of amides is 1. The van der Waals surface area contributed by atoms with Crippen molar-refractivity contribution < 1.29 is 13.2 Å². The number of thioether (sulfide) groups is 2. The zero-order chi connectivity index (χ0) is 21.0. The van der Waals surface area contributed by atoms with Crippen LogP contribution in [0.1, 0.15) is 29.4 Å². The van der Waals surface area contributed by atoms with E-state index in [1.807, 2.05) is 35.7 Å². The lowest BCUT2D eigenvalue weighted by Gasteiger charge is -2.30. The Morgan fingerprint density at radius 1 is 0.967 bits per heavy atom. The van der Waals surface area contributed by atoms with E-state index in [9.17, 15) is 13.2 Å².